The molecule has 2 aliphatic rings. The number of H-pyrrole nitrogens is 1. The summed E-state index contributed by atoms with van der Waals surface area (Å²) in [4.78, 5) is 35.7. The van der Waals surface area contributed by atoms with E-state index in [4.69, 9.17) is 0 Å². The Labute approximate surface area is 173 Å². The van der Waals surface area contributed by atoms with Crippen LogP contribution in [0.2, 0.25) is 0 Å². The molecule has 1 N–H and O–H groups in total. The van der Waals surface area contributed by atoms with Gasteiger partial charge < -0.3 is 9.88 Å². The van der Waals surface area contributed by atoms with Crippen LogP contribution >= 0.6 is 11.3 Å². The maximum Gasteiger partial charge on any atom is 0.255 e. The Balaban J connectivity index is 1.51. The number of carbonyl (C=O) groups is 1. The minimum Gasteiger partial charge on any atom is -0.342 e. The van der Waals surface area contributed by atoms with Crippen LogP contribution in [-0.2, 0) is 34.2 Å². The number of fused-ring (bicyclic) bond motifs is 1. The van der Waals surface area contributed by atoms with Gasteiger partial charge in [-0.3, -0.25) is 9.59 Å². The molecule has 4 heterocycles. The Morgan fingerprint density at radius 3 is 2.93 bits per heavy atom. The summed E-state index contributed by atoms with van der Waals surface area (Å²) >= 11 is 1.58. The minimum absolute atomic E-state index is 0.0121. The fourth-order valence-electron chi connectivity index (χ4n) is 4.00. The van der Waals surface area contributed by atoms with Crippen molar-refractivity contribution in [2.24, 2.45) is 0 Å². The quantitative estimate of drug-likeness (QED) is 0.773. The lowest BCUT2D eigenvalue weighted by Crippen LogP contribution is -2.42. The molecule has 1 amide bonds. The fourth-order valence-corrected chi connectivity index (χ4v) is 5.48. The topological polar surface area (TPSA) is 103 Å². The van der Waals surface area contributed by atoms with Gasteiger partial charge in [0.25, 0.3) is 5.56 Å². The van der Waals surface area contributed by atoms with Crippen molar-refractivity contribution in [3.05, 3.63) is 49.8 Å². The zero-order valence-corrected chi connectivity index (χ0v) is 17.9. The average molecular weight is 437 g/mol. The maximum absolute atomic E-state index is 12.6. The normalized spacial score (nSPS) is 20.4. The molecule has 4 rings (SSSR count). The number of nitrogens with zero attached hydrogens (tertiary/aromatic N) is 3. The molecule has 1 fully saturated rings. The van der Waals surface area contributed by atoms with E-state index in [9.17, 15) is 18.0 Å². The van der Waals surface area contributed by atoms with Crippen LogP contribution in [0.5, 0.6) is 0 Å². The second-order valence-corrected chi connectivity index (χ2v) is 10.7. The van der Waals surface area contributed by atoms with E-state index in [1.165, 1.54) is 4.31 Å². The largest absolute Gasteiger partial charge is 0.342 e. The third-order valence-electron chi connectivity index (χ3n) is 5.59. The summed E-state index contributed by atoms with van der Waals surface area (Å²) in [7, 11) is -3.34. The van der Waals surface area contributed by atoms with E-state index in [0.717, 1.165) is 30.5 Å². The van der Waals surface area contributed by atoms with Gasteiger partial charge in [0.05, 0.1) is 23.9 Å². The van der Waals surface area contributed by atoms with Crippen molar-refractivity contribution in [2.75, 3.05) is 25.9 Å². The summed E-state index contributed by atoms with van der Waals surface area (Å²) in [5, 5.41) is 1.97. The summed E-state index contributed by atoms with van der Waals surface area (Å²) in [5.41, 5.74) is 0.818. The number of hydrogen-bond acceptors (Lipinski definition) is 6. The first-order valence-electron chi connectivity index (χ1n) is 9.68. The van der Waals surface area contributed by atoms with Crippen LogP contribution in [0, 0.1) is 0 Å². The number of sulfonamides is 1. The molecule has 0 aromatic carbocycles. The molecule has 0 aliphatic carbocycles. The highest BCUT2D eigenvalue weighted by atomic mass is 32.2. The number of amides is 1. The summed E-state index contributed by atoms with van der Waals surface area (Å²) in [5.74, 6) is 0.693. The van der Waals surface area contributed by atoms with Gasteiger partial charge in [-0.15, -0.1) is 11.3 Å². The lowest BCUT2D eigenvalue weighted by molar-refractivity contribution is -0.131. The van der Waals surface area contributed by atoms with Crippen molar-refractivity contribution in [3.63, 3.8) is 0 Å². The van der Waals surface area contributed by atoms with Crippen LogP contribution in [-0.4, -0.2) is 59.4 Å². The van der Waals surface area contributed by atoms with Crippen LogP contribution < -0.4 is 5.56 Å². The van der Waals surface area contributed by atoms with E-state index in [2.05, 4.69) is 9.97 Å². The molecule has 0 radical (unpaired) electrons. The molecule has 0 saturated carbocycles. The highest BCUT2D eigenvalue weighted by Crippen LogP contribution is 2.26. The number of likely N-dealkylation sites (tertiary alicyclic amines) is 1. The van der Waals surface area contributed by atoms with Gasteiger partial charge >= 0.3 is 0 Å². The Bertz CT molecular complexity index is 1060. The number of aromatic nitrogens is 2. The zero-order chi connectivity index (χ0) is 20.6. The second-order valence-electron chi connectivity index (χ2n) is 7.66. The predicted molar refractivity (Wildman–Crippen MR) is 110 cm³/mol. The van der Waals surface area contributed by atoms with E-state index in [0.29, 0.717) is 43.0 Å². The molecule has 0 unspecified atom stereocenters. The van der Waals surface area contributed by atoms with Crippen molar-refractivity contribution in [1.82, 2.24) is 19.2 Å². The molecule has 1 saturated heterocycles. The average Bonchev–Trinajstić information content (AvgIpc) is 3.20. The van der Waals surface area contributed by atoms with Crippen molar-refractivity contribution < 1.29 is 13.2 Å². The van der Waals surface area contributed by atoms with Crippen LogP contribution in [0.15, 0.2) is 22.3 Å². The number of thiophene rings is 1. The first-order valence-corrected chi connectivity index (χ1v) is 12.4. The van der Waals surface area contributed by atoms with Gasteiger partial charge in [0.2, 0.25) is 15.9 Å². The number of rotatable bonds is 4. The number of aromatic amines is 1. The molecule has 0 bridgehead atoms. The second kappa shape index (κ2) is 8.00. The molecule has 2 aliphatic heterocycles. The third-order valence-corrected chi connectivity index (χ3v) is 7.71. The first kappa shape index (κ1) is 20.2. The van der Waals surface area contributed by atoms with E-state index in [1.54, 1.807) is 11.3 Å². The van der Waals surface area contributed by atoms with Crippen LogP contribution in [0.4, 0.5) is 0 Å². The van der Waals surface area contributed by atoms with Crippen molar-refractivity contribution in [1.29, 1.82) is 0 Å². The Morgan fingerprint density at radius 2 is 2.21 bits per heavy atom. The SMILES string of the molecule is CS(=O)(=O)N1CCc2nc([C@@H]3CCCN(C(=O)Cc4cccs4)C3)[nH]c(=O)c2C1. The summed E-state index contributed by atoms with van der Waals surface area (Å²) in [6.45, 7) is 1.66. The van der Waals surface area contributed by atoms with Crippen molar-refractivity contribution in [2.45, 2.75) is 38.1 Å². The number of nitrogens with one attached hydrogen (secondary N) is 1. The summed E-state index contributed by atoms with van der Waals surface area (Å²) < 4.78 is 24.9. The van der Waals surface area contributed by atoms with Gasteiger partial charge in [-0.1, -0.05) is 6.07 Å². The zero-order valence-electron chi connectivity index (χ0n) is 16.3. The molecule has 10 heteroatoms. The number of piperidine rings is 1. The lowest BCUT2D eigenvalue weighted by Gasteiger charge is -2.33. The van der Waals surface area contributed by atoms with Gasteiger partial charge in [0, 0.05) is 43.4 Å². The molecule has 1 atom stereocenters. The highest BCUT2D eigenvalue weighted by Gasteiger charge is 2.30. The first-order chi connectivity index (χ1) is 13.8. The smallest absolute Gasteiger partial charge is 0.255 e. The number of hydrogen-bond donors (Lipinski definition) is 1. The molecule has 29 heavy (non-hydrogen) atoms. The Hall–Kier alpha value is -2.04. The lowest BCUT2D eigenvalue weighted by atomic mass is 9.96. The molecule has 156 valence electrons. The predicted octanol–water partition coefficient (Wildman–Crippen LogP) is 1.10. The molecule has 2 aromatic heterocycles. The Kier molecular flexibility index (Phi) is 5.58. The Morgan fingerprint density at radius 1 is 1.38 bits per heavy atom. The van der Waals surface area contributed by atoms with E-state index >= 15 is 0 Å². The van der Waals surface area contributed by atoms with E-state index in [1.807, 2.05) is 22.4 Å². The third kappa shape index (κ3) is 4.44. The van der Waals surface area contributed by atoms with E-state index < -0.39 is 10.0 Å². The molecule has 8 nitrogen and oxygen atoms in total. The van der Waals surface area contributed by atoms with E-state index in [-0.39, 0.29) is 23.9 Å². The van der Waals surface area contributed by atoms with Gasteiger partial charge in [0.1, 0.15) is 5.82 Å². The van der Waals surface area contributed by atoms with Crippen LogP contribution in [0.3, 0.4) is 0 Å². The molecule has 2 aromatic rings. The molecule has 0 spiro atoms. The molecular formula is C19H24N4O4S2. The van der Waals surface area contributed by atoms with Gasteiger partial charge in [-0.25, -0.2) is 13.4 Å². The van der Waals surface area contributed by atoms with Gasteiger partial charge in [0.15, 0.2) is 0 Å². The monoisotopic (exact) mass is 436 g/mol. The van der Waals surface area contributed by atoms with Crippen LogP contribution in [0.25, 0.3) is 0 Å². The fraction of sp³-hybridized carbons (Fsp3) is 0.526. The van der Waals surface area contributed by atoms with Crippen LogP contribution in [0.1, 0.15) is 40.7 Å². The van der Waals surface area contributed by atoms with Crippen molar-refractivity contribution in [3.8, 4) is 0 Å². The maximum atomic E-state index is 12.6. The highest BCUT2D eigenvalue weighted by molar-refractivity contribution is 7.88. The standard InChI is InChI=1S/C19H24N4O4S2/c1-29(26,27)23-8-6-16-15(12-23)19(25)21-18(20-16)13-4-2-7-22(11-13)17(24)10-14-5-3-9-28-14/h3,5,9,13H,2,4,6-8,10-12H2,1H3,(H,20,21,25)/t13-/m1/s1. The number of carbonyl (C=O) groups excluding carboxylic acids is 1. The molecular weight excluding hydrogens is 412 g/mol. The summed E-state index contributed by atoms with van der Waals surface area (Å²) in [6, 6.07) is 3.91. The minimum atomic E-state index is -3.34. The van der Waals surface area contributed by atoms with Gasteiger partial charge in [-0.05, 0) is 24.3 Å². The van der Waals surface area contributed by atoms with Gasteiger partial charge in [-0.2, -0.15) is 4.31 Å². The van der Waals surface area contributed by atoms with Crippen molar-refractivity contribution >= 4 is 27.3 Å². The summed E-state index contributed by atoms with van der Waals surface area (Å²) in [6.07, 6.45) is 3.70.